The number of carbonyl (C=O) groups is 1. The fourth-order valence-corrected chi connectivity index (χ4v) is 4.55. The zero-order valence-corrected chi connectivity index (χ0v) is 14.1. The lowest BCUT2D eigenvalue weighted by Gasteiger charge is -2.29. The molecule has 19 heavy (non-hydrogen) atoms. The topological polar surface area (TPSA) is 29.1 Å². The van der Waals surface area contributed by atoms with Gasteiger partial charge in [-0.1, -0.05) is 26.7 Å². The van der Waals surface area contributed by atoms with Crippen molar-refractivity contribution < 1.29 is 4.79 Å². The molecule has 0 aromatic carbocycles. The minimum atomic E-state index is -0.0946. The van der Waals surface area contributed by atoms with Gasteiger partial charge in [-0.15, -0.1) is 11.3 Å². The second kappa shape index (κ2) is 6.40. The Morgan fingerprint density at radius 2 is 2.16 bits per heavy atom. The van der Waals surface area contributed by atoms with E-state index in [1.807, 2.05) is 0 Å². The highest BCUT2D eigenvalue weighted by molar-refractivity contribution is 9.10. The smallest absolute Gasteiger partial charge is 0.226 e. The third-order valence-corrected chi connectivity index (χ3v) is 5.58. The largest absolute Gasteiger partial charge is 0.351 e. The Morgan fingerprint density at radius 3 is 2.68 bits per heavy atom. The Labute approximate surface area is 128 Å². The molecule has 1 aliphatic carbocycles. The Morgan fingerprint density at radius 1 is 1.47 bits per heavy atom. The number of thiophene rings is 1. The summed E-state index contributed by atoms with van der Waals surface area (Å²) >= 11 is 5.13. The first-order valence-electron chi connectivity index (χ1n) is 7.03. The van der Waals surface area contributed by atoms with E-state index in [0.29, 0.717) is 12.5 Å². The first-order chi connectivity index (χ1) is 9.02. The van der Waals surface area contributed by atoms with Crippen LogP contribution in [0.15, 0.2) is 15.9 Å². The molecule has 2 nitrogen and oxygen atoms in total. The van der Waals surface area contributed by atoms with Crippen LogP contribution in [0.1, 0.15) is 50.8 Å². The summed E-state index contributed by atoms with van der Waals surface area (Å²) in [5.74, 6) is 0.850. The van der Waals surface area contributed by atoms with Crippen LogP contribution in [0, 0.1) is 11.3 Å². The van der Waals surface area contributed by atoms with Crippen molar-refractivity contribution in [3.63, 3.8) is 0 Å². The quantitative estimate of drug-likeness (QED) is 0.822. The summed E-state index contributed by atoms with van der Waals surface area (Å²) in [6, 6.07) is 2.08. The van der Waals surface area contributed by atoms with Gasteiger partial charge in [0.15, 0.2) is 0 Å². The first-order valence-corrected chi connectivity index (χ1v) is 8.70. The molecule has 1 amide bonds. The standard InChI is InChI=1S/C15H22BrNOS/c1-11(2)8-15(5-3-4-6-15)14(18)17-9-13-7-12(16)10-19-13/h7,10-11H,3-6,8-9H2,1-2H3,(H,17,18). The van der Waals surface area contributed by atoms with Crippen molar-refractivity contribution in [2.45, 2.75) is 52.5 Å². The number of hydrogen-bond donors (Lipinski definition) is 1. The van der Waals surface area contributed by atoms with Gasteiger partial charge in [-0.2, -0.15) is 0 Å². The molecule has 0 radical (unpaired) electrons. The third-order valence-electron chi connectivity index (χ3n) is 3.89. The van der Waals surface area contributed by atoms with Crippen molar-refractivity contribution in [3.8, 4) is 0 Å². The van der Waals surface area contributed by atoms with Crippen LogP contribution in [0.5, 0.6) is 0 Å². The Balaban J connectivity index is 1.96. The summed E-state index contributed by atoms with van der Waals surface area (Å²) in [6.45, 7) is 5.09. The van der Waals surface area contributed by atoms with Gasteiger partial charge in [0.1, 0.15) is 0 Å². The van der Waals surface area contributed by atoms with E-state index >= 15 is 0 Å². The predicted molar refractivity (Wildman–Crippen MR) is 84.2 cm³/mol. The summed E-state index contributed by atoms with van der Waals surface area (Å²) in [5.41, 5.74) is -0.0946. The van der Waals surface area contributed by atoms with Gasteiger partial charge < -0.3 is 5.32 Å². The van der Waals surface area contributed by atoms with Crippen LogP contribution in [0.3, 0.4) is 0 Å². The highest BCUT2D eigenvalue weighted by Gasteiger charge is 2.41. The van der Waals surface area contributed by atoms with Crippen LogP contribution in [-0.2, 0) is 11.3 Å². The molecule has 4 heteroatoms. The molecule has 0 unspecified atom stereocenters. The lowest BCUT2D eigenvalue weighted by atomic mass is 9.77. The number of rotatable bonds is 5. The maximum absolute atomic E-state index is 12.6. The summed E-state index contributed by atoms with van der Waals surface area (Å²) in [5, 5.41) is 5.21. The number of nitrogens with one attached hydrogen (secondary N) is 1. The lowest BCUT2D eigenvalue weighted by molar-refractivity contribution is -0.132. The zero-order chi connectivity index (χ0) is 13.9. The molecular formula is C15H22BrNOS. The predicted octanol–water partition coefficient (Wildman–Crippen LogP) is 4.73. The summed E-state index contributed by atoms with van der Waals surface area (Å²) in [4.78, 5) is 13.8. The fourth-order valence-electron chi connectivity index (χ4n) is 3.16. The van der Waals surface area contributed by atoms with E-state index in [9.17, 15) is 4.79 Å². The second-order valence-corrected chi connectivity index (χ2v) is 7.91. The molecule has 1 aromatic rings. The summed E-state index contributed by atoms with van der Waals surface area (Å²) in [6.07, 6.45) is 5.54. The minimum Gasteiger partial charge on any atom is -0.351 e. The van der Waals surface area contributed by atoms with Crippen LogP contribution in [0.25, 0.3) is 0 Å². The normalized spacial score (nSPS) is 17.9. The molecule has 0 saturated heterocycles. The molecule has 1 fully saturated rings. The fraction of sp³-hybridized carbons (Fsp3) is 0.667. The van der Waals surface area contributed by atoms with Crippen LogP contribution in [0.2, 0.25) is 0 Å². The van der Waals surface area contributed by atoms with E-state index in [2.05, 4.69) is 46.5 Å². The number of hydrogen-bond acceptors (Lipinski definition) is 2. The lowest BCUT2D eigenvalue weighted by Crippen LogP contribution is -2.39. The van der Waals surface area contributed by atoms with Crippen LogP contribution in [0.4, 0.5) is 0 Å². The van der Waals surface area contributed by atoms with E-state index < -0.39 is 0 Å². The molecule has 0 atom stereocenters. The number of amides is 1. The Kier molecular flexibility index (Phi) is 5.07. The van der Waals surface area contributed by atoms with Crippen LogP contribution in [-0.4, -0.2) is 5.91 Å². The van der Waals surface area contributed by atoms with E-state index in [1.54, 1.807) is 11.3 Å². The van der Waals surface area contributed by atoms with Crippen molar-refractivity contribution in [2.75, 3.05) is 0 Å². The van der Waals surface area contributed by atoms with Crippen molar-refractivity contribution in [1.82, 2.24) is 5.32 Å². The van der Waals surface area contributed by atoms with Gasteiger partial charge in [0, 0.05) is 20.1 Å². The maximum Gasteiger partial charge on any atom is 0.226 e. The SMILES string of the molecule is CC(C)CC1(C(=O)NCc2cc(Br)cs2)CCCC1. The molecule has 106 valence electrons. The van der Waals surface area contributed by atoms with Crippen LogP contribution >= 0.6 is 27.3 Å². The van der Waals surface area contributed by atoms with E-state index in [0.717, 1.165) is 23.7 Å². The second-order valence-electron chi connectivity index (χ2n) is 6.00. The Bertz CT molecular complexity index is 435. The highest BCUT2D eigenvalue weighted by atomic mass is 79.9. The summed E-state index contributed by atoms with van der Waals surface area (Å²) < 4.78 is 1.10. The van der Waals surface area contributed by atoms with Crippen LogP contribution < -0.4 is 5.32 Å². The average molecular weight is 344 g/mol. The van der Waals surface area contributed by atoms with Gasteiger partial charge in [-0.3, -0.25) is 4.79 Å². The zero-order valence-electron chi connectivity index (χ0n) is 11.7. The van der Waals surface area contributed by atoms with Gasteiger partial charge >= 0.3 is 0 Å². The van der Waals surface area contributed by atoms with Gasteiger partial charge in [-0.05, 0) is 47.2 Å². The highest BCUT2D eigenvalue weighted by Crippen LogP contribution is 2.43. The minimum absolute atomic E-state index is 0.0946. The molecule has 0 spiro atoms. The van der Waals surface area contributed by atoms with E-state index in [1.165, 1.54) is 17.7 Å². The molecule has 1 aliphatic rings. The summed E-state index contributed by atoms with van der Waals surface area (Å²) in [7, 11) is 0. The van der Waals surface area contributed by atoms with Gasteiger partial charge in [-0.25, -0.2) is 0 Å². The van der Waals surface area contributed by atoms with Crippen molar-refractivity contribution in [1.29, 1.82) is 0 Å². The molecule has 0 aliphatic heterocycles. The third kappa shape index (κ3) is 3.82. The number of halogens is 1. The molecule has 2 rings (SSSR count). The maximum atomic E-state index is 12.6. The van der Waals surface area contributed by atoms with E-state index in [-0.39, 0.29) is 11.3 Å². The molecule has 1 aromatic heterocycles. The molecule has 1 N–H and O–H groups in total. The van der Waals surface area contributed by atoms with E-state index in [4.69, 9.17) is 0 Å². The monoisotopic (exact) mass is 343 g/mol. The average Bonchev–Trinajstić information content (AvgIpc) is 2.95. The van der Waals surface area contributed by atoms with Crippen molar-refractivity contribution >= 4 is 33.2 Å². The molecule has 1 saturated carbocycles. The van der Waals surface area contributed by atoms with Crippen molar-refractivity contribution in [2.24, 2.45) is 11.3 Å². The molecule has 0 bridgehead atoms. The van der Waals surface area contributed by atoms with Gasteiger partial charge in [0.05, 0.1) is 6.54 Å². The molecular weight excluding hydrogens is 322 g/mol. The van der Waals surface area contributed by atoms with Gasteiger partial charge in [0.2, 0.25) is 5.91 Å². The van der Waals surface area contributed by atoms with Crippen molar-refractivity contribution in [3.05, 3.63) is 20.8 Å². The number of carbonyl (C=O) groups excluding carboxylic acids is 1. The molecule has 1 heterocycles. The first kappa shape index (κ1) is 15.0. The Hall–Kier alpha value is -0.350. The van der Waals surface area contributed by atoms with Gasteiger partial charge in [0.25, 0.3) is 0 Å².